The number of fused-ring (bicyclic) bond motifs is 1. The Hall–Kier alpha value is -2.11. The lowest BCUT2D eigenvalue weighted by molar-refractivity contribution is 0.0698. The molecule has 1 aliphatic rings. The Kier molecular flexibility index (Phi) is 2.21. The number of H-pyrrole nitrogens is 2. The second kappa shape index (κ2) is 3.73. The Labute approximate surface area is 97.1 Å². The van der Waals surface area contributed by atoms with Crippen LogP contribution in [-0.2, 0) is 12.8 Å². The quantitative estimate of drug-likeness (QED) is 0.728. The molecule has 1 aliphatic carbocycles. The first-order chi connectivity index (χ1) is 8.27. The minimum Gasteiger partial charge on any atom is -0.478 e. The molecule has 0 atom stereocenters. The number of nitrogens with zero attached hydrogens (tertiary/aromatic N) is 2. The van der Waals surface area contributed by atoms with Crippen molar-refractivity contribution >= 4 is 5.97 Å². The van der Waals surface area contributed by atoms with E-state index in [2.05, 4.69) is 20.4 Å². The number of carboxylic acids is 1. The summed E-state index contributed by atoms with van der Waals surface area (Å²) >= 11 is 0. The van der Waals surface area contributed by atoms with Gasteiger partial charge in [-0.3, -0.25) is 10.2 Å². The highest BCUT2D eigenvalue weighted by atomic mass is 16.4. The largest absolute Gasteiger partial charge is 0.478 e. The Bertz CT molecular complexity index is 570. The smallest absolute Gasteiger partial charge is 0.339 e. The monoisotopic (exact) mass is 232 g/mol. The Morgan fingerprint density at radius 3 is 2.94 bits per heavy atom. The second-order valence-corrected chi connectivity index (χ2v) is 4.20. The number of aryl methyl sites for hydroxylation is 1. The Morgan fingerprint density at radius 1 is 1.29 bits per heavy atom. The van der Waals surface area contributed by atoms with Crippen molar-refractivity contribution < 1.29 is 9.90 Å². The zero-order valence-electron chi connectivity index (χ0n) is 9.16. The third kappa shape index (κ3) is 1.52. The molecule has 3 N–H and O–H groups in total. The van der Waals surface area contributed by atoms with Crippen molar-refractivity contribution in [2.24, 2.45) is 0 Å². The lowest BCUT2D eigenvalue weighted by Gasteiger charge is -2.10. The maximum Gasteiger partial charge on any atom is 0.339 e. The molecule has 88 valence electrons. The molecule has 6 nitrogen and oxygen atoms in total. The first kappa shape index (κ1) is 10.1. The molecule has 2 aromatic rings. The first-order valence-corrected chi connectivity index (χ1v) is 5.60. The molecule has 0 radical (unpaired) electrons. The molecule has 0 amide bonds. The lowest BCUT2D eigenvalue weighted by atomic mass is 9.94. The van der Waals surface area contributed by atoms with Crippen molar-refractivity contribution in [2.75, 3.05) is 0 Å². The van der Waals surface area contributed by atoms with Crippen LogP contribution in [0.5, 0.6) is 0 Å². The number of hydrogen-bond acceptors (Lipinski definition) is 3. The molecule has 0 aliphatic heterocycles. The molecule has 0 saturated carbocycles. The third-order valence-corrected chi connectivity index (χ3v) is 3.16. The highest BCUT2D eigenvalue weighted by molar-refractivity contribution is 5.94. The molecular formula is C11H12N4O2. The van der Waals surface area contributed by atoms with E-state index >= 15 is 0 Å². The van der Waals surface area contributed by atoms with E-state index in [1.54, 1.807) is 0 Å². The Balaban J connectivity index is 2.12. The average molecular weight is 232 g/mol. The molecule has 17 heavy (non-hydrogen) atoms. The molecule has 0 unspecified atom stereocenters. The number of carbonyl (C=O) groups is 1. The average Bonchev–Trinajstić information content (AvgIpc) is 2.94. The van der Waals surface area contributed by atoms with Crippen molar-refractivity contribution in [3.63, 3.8) is 0 Å². The van der Waals surface area contributed by atoms with E-state index in [4.69, 9.17) is 5.11 Å². The number of nitrogens with one attached hydrogen (secondary N) is 2. The molecule has 0 bridgehead atoms. The van der Waals surface area contributed by atoms with Crippen LogP contribution in [0.25, 0.3) is 11.4 Å². The highest BCUT2D eigenvalue weighted by Gasteiger charge is 2.23. The third-order valence-electron chi connectivity index (χ3n) is 3.16. The van der Waals surface area contributed by atoms with E-state index in [0.717, 1.165) is 36.9 Å². The zero-order chi connectivity index (χ0) is 11.8. The predicted molar refractivity (Wildman–Crippen MR) is 59.8 cm³/mol. The van der Waals surface area contributed by atoms with Crippen LogP contribution < -0.4 is 0 Å². The molecule has 0 fully saturated rings. The fourth-order valence-electron chi connectivity index (χ4n) is 2.32. The maximum absolute atomic E-state index is 11.0. The Morgan fingerprint density at radius 2 is 2.12 bits per heavy atom. The number of aromatic nitrogens is 4. The van der Waals surface area contributed by atoms with Crippen LogP contribution in [0.2, 0.25) is 0 Å². The van der Waals surface area contributed by atoms with Gasteiger partial charge in [0.1, 0.15) is 17.0 Å². The fourth-order valence-corrected chi connectivity index (χ4v) is 2.32. The van der Waals surface area contributed by atoms with E-state index < -0.39 is 5.97 Å². The number of aromatic amines is 2. The van der Waals surface area contributed by atoms with Gasteiger partial charge in [0.15, 0.2) is 0 Å². The standard InChI is InChI=1S/C11H12N4O2/c16-11(17)7-5-12-14-10(7)9-6-3-1-2-4-8(6)13-15-9/h5H,1-4H2,(H,12,14)(H,13,15)(H,16,17). The summed E-state index contributed by atoms with van der Waals surface area (Å²) in [4.78, 5) is 11.0. The molecule has 0 spiro atoms. The molecule has 3 rings (SSSR count). The van der Waals surface area contributed by atoms with Gasteiger partial charge in [0.05, 0.1) is 6.20 Å². The van der Waals surface area contributed by atoms with Gasteiger partial charge in [-0.05, 0) is 25.7 Å². The molecule has 0 saturated heterocycles. The second-order valence-electron chi connectivity index (χ2n) is 4.20. The highest BCUT2D eigenvalue weighted by Crippen LogP contribution is 2.29. The number of carboxylic acid groups (broad SMARTS) is 1. The fraction of sp³-hybridized carbons (Fsp3) is 0.364. The van der Waals surface area contributed by atoms with Crippen LogP contribution >= 0.6 is 0 Å². The van der Waals surface area contributed by atoms with Gasteiger partial charge in [-0.1, -0.05) is 0 Å². The summed E-state index contributed by atoms with van der Waals surface area (Å²) < 4.78 is 0. The van der Waals surface area contributed by atoms with Gasteiger partial charge in [0.25, 0.3) is 0 Å². The molecule has 0 aromatic carbocycles. The summed E-state index contributed by atoms with van der Waals surface area (Å²) in [5.74, 6) is -0.985. The molecular weight excluding hydrogens is 220 g/mol. The minimum atomic E-state index is -0.985. The van der Waals surface area contributed by atoms with E-state index in [-0.39, 0.29) is 5.56 Å². The summed E-state index contributed by atoms with van der Waals surface area (Å²) in [7, 11) is 0. The van der Waals surface area contributed by atoms with Gasteiger partial charge in [-0.2, -0.15) is 10.2 Å². The zero-order valence-corrected chi connectivity index (χ0v) is 9.16. The van der Waals surface area contributed by atoms with Gasteiger partial charge in [0, 0.05) is 11.3 Å². The number of hydrogen-bond donors (Lipinski definition) is 3. The predicted octanol–water partition coefficient (Wildman–Crippen LogP) is 1.38. The van der Waals surface area contributed by atoms with Gasteiger partial charge < -0.3 is 5.11 Å². The van der Waals surface area contributed by atoms with Gasteiger partial charge in [-0.25, -0.2) is 4.79 Å². The van der Waals surface area contributed by atoms with Crippen LogP contribution in [0.4, 0.5) is 0 Å². The van der Waals surface area contributed by atoms with E-state index in [1.807, 2.05) is 0 Å². The van der Waals surface area contributed by atoms with Crippen molar-refractivity contribution in [2.45, 2.75) is 25.7 Å². The van der Waals surface area contributed by atoms with Crippen molar-refractivity contribution in [3.05, 3.63) is 23.0 Å². The SMILES string of the molecule is O=C(O)c1cn[nH]c1-c1n[nH]c2c1CCCC2. The summed E-state index contributed by atoms with van der Waals surface area (Å²) in [6.07, 6.45) is 5.53. The van der Waals surface area contributed by atoms with Crippen LogP contribution in [0.1, 0.15) is 34.5 Å². The van der Waals surface area contributed by atoms with E-state index in [0.29, 0.717) is 11.4 Å². The van der Waals surface area contributed by atoms with Crippen LogP contribution in [0.15, 0.2) is 6.20 Å². The van der Waals surface area contributed by atoms with Crippen molar-refractivity contribution in [1.29, 1.82) is 0 Å². The summed E-state index contributed by atoms with van der Waals surface area (Å²) in [5.41, 5.74) is 3.62. The van der Waals surface area contributed by atoms with Crippen LogP contribution in [0, 0.1) is 0 Å². The minimum absolute atomic E-state index is 0.171. The molecule has 2 heterocycles. The topological polar surface area (TPSA) is 94.7 Å². The summed E-state index contributed by atoms with van der Waals surface area (Å²) in [5, 5.41) is 22.8. The van der Waals surface area contributed by atoms with E-state index in [1.165, 1.54) is 6.20 Å². The maximum atomic E-state index is 11.0. The van der Waals surface area contributed by atoms with Crippen LogP contribution in [-0.4, -0.2) is 31.5 Å². The summed E-state index contributed by atoms with van der Waals surface area (Å²) in [6.45, 7) is 0. The molecule has 2 aromatic heterocycles. The van der Waals surface area contributed by atoms with E-state index in [9.17, 15) is 4.79 Å². The van der Waals surface area contributed by atoms with Gasteiger partial charge >= 0.3 is 5.97 Å². The van der Waals surface area contributed by atoms with Crippen molar-refractivity contribution in [1.82, 2.24) is 20.4 Å². The first-order valence-electron chi connectivity index (χ1n) is 5.60. The normalized spacial score (nSPS) is 14.6. The summed E-state index contributed by atoms with van der Waals surface area (Å²) in [6, 6.07) is 0. The number of aromatic carboxylic acids is 1. The van der Waals surface area contributed by atoms with Crippen molar-refractivity contribution in [3.8, 4) is 11.4 Å². The lowest BCUT2D eigenvalue weighted by Crippen LogP contribution is -2.03. The van der Waals surface area contributed by atoms with Gasteiger partial charge in [-0.15, -0.1) is 0 Å². The van der Waals surface area contributed by atoms with Gasteiger partial charge in [0.2, 0.25) is 0 Å². The van der Waals surface area contributed by atoms with Crippen LogP contribution in [0.3, 0.4) is 0 Å². The number of rotatable bonds is 2. The molecule has 6 heteroatoms.